The van der Waals surface area contributed by atoms with Gasteiger partial charge in [-0.3, -0.25) is 9.36 Å². The van der Waals surface area contributed by atoms with Crippen molar-refractivity contribution in [2.45, 2.75) is 57.0 Å². The van der Waals surface area contributed by atoms with Crippen LogP contribution in [0.25, 0.3) is 11.2 Å². The van der Waals surface area contributed by atoms with Gasteiger partial charge in [0, 0.05) is 36.6 Å². The summed E-state index contributed by atoms with van der Waals surface area (Å²) in [6.45, 7) is 0.269. The number of nitrogens with two attached hydrogens (primary N) is 1. The molecule has 2 atom stereocenters. The lowest BCUT2D eigenvalue weighted by Crippen LogP contribution is -2.32. The molecule has 2 aromatic heterocycles. The smallest absolute Gasteiger partial charge is 0.224 e. The minimum absolute atomic E-state index is 0.0956. The predicted octanol–water partition coefficient (Wildman–Crippen LogP) is 4.09. The highest BCUT2D eigenvalue weighted by Crippen LogP contribution is 2.37. The van der Waals surface area contributed by atoms with Gasteiger partial charge in [0.15, 0.2) is 17.3 Å². The Bertz CT molecular complexity index is 1260. The summed E-state index contributed by atoms with van der Waals surface area (Å²) in [6, 6.07) is 0.712. The number of ether oxygens (including phenoxy) is 1. The van der Waals surface area contributed by atoms with Crippen LogP contribution >= 0.6 is 0 Å². The Morgan fingerprint density at radius 3 is 2.47 bits per heavy atom. The zero-order valence-corrected chi connectivity index (χ0v) is 19.2. The first kappa shape index (κ1) is 24.2. The average molecular weight is 507 g/mol. The van der Waals surface area contributed by atoms with Crippen LogP contribution in [0.4, 0.5) is 35.1 Å². The van der Waals surface area contributed by atoms with Crippen molar-refractivity contribution < 1.29 is 27.1 Å². The maximum absolute atomic E-state index is 14.4. The van der Waals surface area contributed by atoms with Crippen LogP contribution in [0.15, 0.2) is 18.3 Å². The third-order valence-corrected chi connectivity index (χ3v) is 6.71. The van der Waals surface area contributed by atoms with Crippen LogP contribution in [0.2, 0.25) is 0 Å². The number of alkyl halides is 1. The molecule has 192 valence electrons. The minimum atomic E-state index is -1.37. The zero-order chi connectivity index (χ0) is 25.4. The molecular weight excluding hydrogens is 482 g/mol. The van der Waals surface area contributed by atoms with Crippen molar-refractivity contribution in [3.05, 3.63) is 35.8 Å². The Labute approximate surface area is 203 Å². The van der Waals surface area contributed by atoms with E-state index in [-0.39, 0.29) is 48.8 Å². The first-order chi connectivity index (χ1) is 17.3. The maximum atomic E-state index is 14.4. The van der Waals surface area contributed by atoms with Crippen molar-refractivity contribution >= 4 is 34.7 Å². The molecule has 0 spiro atoms. The fourth-order valence-electron chi connectivity index (χ4n) is 4.85. The molecule has 1 aliphatic carbocycles. The van der Waals surface area contributed by atoms with Crippen LogP contribution in [-0.4, -0.2) is 44.4 Å². The summed E-state index contributed by atoms with van der Waals surface area (Å²) >= 11 is 0. The van der Waals surface area contributed by atoms with Gasteiger partial charge in [-0.1, -0.05) is 0 Å². The number of hydrogen-bond acceptors (Lipinski definition) is 7. The van der Waals surface area contributed by atoms with E-state index in [4.69, 9.17) is 10.5 Å². The number of fused-ring (bicyclic) bond motifs is 1. The molecule has 9 nitrogen and oxygen atoms in total. The number of benzene rings is 1. The normalized spacial score (nSPS) is 24.6. The molecule has 1 aliphatic heterocycles. The molecule has 3 aromatic rings. The fourth-order valence-corrected chi connectivity index (χ4v) is 4.85. The first-order valence-corrected chi connectivity index (χ1v) is 11.8. The van der Waals surface area contributed by atoms with Gasteiger partial charge in [0.1, 0.15) is 17.0 Å². The third kappa shape index (κ3) is 4.92. The molecule has 1 saturated carbocycles. The summed E-state index contributed by atoms with van der Waals surface area (Å²) in [7, 11) is 0. The molecule has 1 amide bonds. The van der Waals surface area contributed by atoms with Gasteiger partial charge in [0.2, 0.25) is 24.2 Å². The van der Waals surface area contributed by atoms with Crippen molar-refractivity contribution in [2.24, 2.45) is 11.7 Å². The van der Waals surface area contributed by atoms with E-state index >= 15 is 0 Å². The Kier molecular flexibility index (Phi) is 6.65. The van der Waals surface area contributed by atoms with Gasteiger partial charge >= 0.3 is 0 Å². The average Bonchev–Trinajstić information content (AvgIpc) is 3.18. The third-order valence-electron chi connectivity index (χ3n) is 6.71. The van der Waals surface area contributed by atoms with E-state index in [1.165, 1.54) is 6.20 Å². The molecule has 2 unspecified atom stereocenters. The zero-order valence-electron chi connectivity index (χ0n) is 19.2. The second kappa shape index (κ2) is 9.88. The van der Waals surface area contributed by atoms with Crippen molar-refractivity contribution in [1.82, 2.24) is 19.5 Å². The van der Waals surface area contributed by atoms with E-state index in [2.05, 4.69) is 25.6 Å². The van der Waals surface area contributed by atoms with Crippen LogP contribution < -0.4 is 16.4 Å². The molecule has 5 rings (SSSR count). The predicted molar refractivity (Wildman–Crippen MR) is 123 cm³/mol. The lowest BCUT2D eigenvalue weighted by Gasteiger charge is -2.29. The Balaban J connectivity index is 1.51. The number of rotatable bonds is 6. The fraction of sp³-hybridized carbons (Fsp3) is 0.478. The van der Waals surface area contributed by atoms with E-state index in [9.17, 15) is 22.4 Å². The highest BCUT2D eigenvalue weighted by Gasteiger charge is 2.30. The lowest BCUT2D eigenvalue weighted by molar-refractivity contribution is -0.122. The van der Waals surface area contributed by atoms with Gasteiger partial charge in [-0.25, -0.2) is 27.5 Å². The van der Waals surface area contributed by atoms with Gasteiger partial charge in [0.05, 0.1) is 12.8 Å². The molecule has 13 heteroatoms. The number of nitrogens with one attached hydrogen (secondary N) is 2. The van der Waals surface area contributed by atoms with Gasteiger partial charge in [-0.2, -0.15) is 4.98 Å². The van der Waals surface area contributed by atoms with Crippen LogP contribution in [0.3, 0.4) is 0 Å². The SMILES string of the molecule is NC(=O)C1CCC(n2c(Nc3c(F)cc(F)cc3F)nc3cnc(NC4CCOC(F)C4)nc32)CC1. The molecule has 2 aliphatic rings. The summed E-state index contributed by atoms with van der Waals surface area (Å²) in [5.41, 5.74) is 5.67. The Morgan fingerprint density at radius 2 is 1.81 bits per heavy atom. The number of anilines is 3. The summed E-state index contributed by atoms with van der Waals surface area (Å²) in [4.78, 5) is 24.9. The van der Waals surface area contributed by atoms with Crippen LogP contribution in [0.5, 0.6) is 0 Å². The highest BCUT2D eigenvalue weighted by molar-refractivity contribution is 5.78. The molecule has 1 saturated heterocycles. The summed E-state index contributed by atoms with van der Waals surface area (Å²) in [5.74, 6) is -3.55. The van der Waals surface area contributed by atoms with E-state index in [1.54, 1.807) is 4.57 Å². The quantitative estimate of drug-likeness (QED) is 0.430. The topological polar surface area (TPSA) is 120 Å². The summed E-state index contributed by atoms with van der Waals surface area (Å²) in [6.07, 6.45) is 2.99. The molecular formula is C23H25F4N7O2. The van der Waals surface area contributed by atoms with Crippen LogP contribution in [-0.2, 0) is 9.53 Å². The van der Waals surface area contributed by atoms with Crippen molar-refractivity contribution in [3.8, 4) is 0 Å². The number of primary amides is 1. The van der Waals surface area contributed by atoms with Gasteiger partial charge in [0.25, 0.3) is 0 Å². The number of amides is 1. The number of carbonyl (C=O) groups is 1. The molecule has 2 fully saturated rings. The summed E-state index contributed by atoms with van der Waals surface area (Å²) < 4.78 is 62.5. The molecule has 36 heavy (non-hydrogen) atoms. The molecule has 3 heterocycles. The number of nitrogens with zero attached hydrogens (tertiary/aromatic N) is 4. The van der Waals surface area contributed by atoms with Gasteiger partial charge < -0.3 is 21.1 Å². The Morgan fingerprint density at radius 1 is 1.08 bits per heavy atom. The second-order valence-electron chi connectivity index (χ2n) is 9.13. The van der Waals surface area contributed by atoms with E-state index in [0.29, 0.717) is 55.4 Å². The molecule has 0 radical (unpaired) electrons. The lowest BCUT2D eigenvalue weighted by atomic mass is 9.85. The van der Waals surface area contributed by atoms with Crippen LogP contribution in [0.1, 0.15) is 44.6 Å². The molecule has 1 aromatic carbocycles. The first-order valence-electron chi connectivity index (χ1n) is 11.8. The highest BCUT2D eigenvalue weighted by atomic mass is 19.2. The minimum Gasteiger partial charge on any atom is -0.369 e. The summed E-state index contributed by atoms with van der Waals surface area (Å²) in [5, 5.41) is 5.77. The number of imidazole rings is 1. The van der Waals surface area contributed by atoms with Crippen LogP contribution in [0, 0.1) is 23.4 Å². The van der Waals surface area contributed by atoms with E-state index in [0.717, 1.165) is 0 Å². The van der Waals surface area contributed by atoms with Gasteiger partial charge in [-0.05, 0) is 32.1 Å². The Hall–Kier alpha value is -3.48. The van der Waals surface area contributed by atoms with Crippen molar-refractivity contribution in [1.29, 1.82) is 0 Å². The second-order valence-corrected chi connectivity index (χ2v) is 9.13. The van der Waals surface area contributed by atoms with E-state index in [1.807, 2.05) is 0 Å². The number of carbonyl (C=O) groups excluding carboxylic acids is 1. The molecule has 0 bridgehead atoms. The number of aromatic nitrogens is 4. The number of hydrogen-bond donors (Lipinski definition) is 3. The van der Waals surface area contributed by atoms with Crippen molar-refractivity contribution in [2.75, 3.05) is 17.2 Å². The van der Waals surface area contributed by atoms with Crippen molar-refractivity contribution in [3.63, 3.8) is 0 Å². The van der Waals surface area contributed by atoms with Gasteiger partial charge in [-0.15, -0.1) is 0 Å². The molecule has 4 N–H and O–H groups in total. The largest absolute Gasteiger partial charge is 0.369 e. The number of halogens is 4. The standard InChI is InChI=1S/C23H25F4N7O2/c24-12-7-15(25)19(16(26)8-12)32-23-31-17-10-29-22(30-13-5-6-36-18(27)9-13)33-21(17)34(23)14-3-1-11(2-4-14)20(28)35/h7-8,10-11,13-14,18H,1-6,9H2,(H2,28,35)(H,31,32)(H,29,30,33). The monoisotopic (exact) mass is 507 g/mol. The van der Waals surface area contributed by atoms with E-state index < -0.39 is 29.5 Å². The maximum Gasteiger partial charge on any atom is 0.224 e.